The molecular weight excluding hydrogens is 514 g/mol. The van der Waals surface area contributed by atoms with Gasteiger partial charge in [-0.2, -0.15) is 0 Å². The average Bonchev–Trinajstić information content (AvgIpc) is 2.81. The summed E-state index contributed by atoms with van der Waals surface area (Å²) in [5.41, 5.74) is 0.975. The van der Waals surface area contributed by atoms with E-state index in [4.69, 9.17) is 9.26 Å². The predicted octanol–water partition coefficient (Wildman–Crippen LogP) is 4.67. The van der Waals surface area contributed by atoms with E-state index in [1.807, 2.05) is 19.1 Å². The summed E-state index contributed by atoms with van der Waals surface area (Å²) in [6, 6.07) is 3.95. The van der Waals surface area contributed by atoms with Gasteiger partial charge in [0.25, 0.3) is 0 Å². The highest BCUT2D eigenvalue weighted by molar-refractivity contribution is 14.1. The molecule has 0 N–H and O–H groups in total. The zero-order chi connectivity index (χ0) is 16.3. The summed E-state index contributed by atoms with van der Waals surface area (Å²) in [6.45, 7) is 3.99. The molecule has 0 aliphatic heterocycles. The van der Waals surface area contributed by atoms with E-state index in [0.29, 0.717) is 6.61 Å². The van der Waals surface area contributed by atoms with E-state index in [1.165, 1.54) is 0 Å². The molecule has 2 aromatic rings. The lowest BCUT2D eigenvalue weighted by Crippen LogP contribution is -1.97. The summed E-state index contributed by atoms with van der Waals surface area (Å²) in [6.07, 6.45) is 3.28. The second-order valence-electron chi connectivity index (χ2n) is 4.31. The van der Waals surface area contributed by atoms with Crippen molar-refractivity contribution in [1.82, 2.24) is 5.16 Å². The van der Waals surface area contributed by atoms with Gasteiger partial charge in [0, 0.05) is 9.13 Å². The van der Waals surface area contributed by atoms with Crippen LogP contribution < -0.4 is 4.74 Å². The third kappa shape index (κ3) is 3.77. The number of halogens is 2. The Kier molecular flexibility index (Phi) is 5.78. The molecular formula is C14H12I2N2O4. The van der Waals surface area contributed by atoms with Crippen LogP contribution in [-0.2, 0) is 0 Å². The third-order valence-corrected chi connectivity index (χ3v) is 4.20. The fourth-order valence-corrected chi connectivity index (χ4v) is 3.93. The van der Waals surface area contributed by atoms with Crippen LogP contribution in [0.4, 0.5) is 5.69 Å². The monoisotopic (exact) mass is 526 g/mol. The van der Waals surface area contributed by atoms with Crippen molar-refractivity contribution in [1.29, 1.82) is 0 Å². The molecule has 0 fully saturated rings. The second kappa shape index (κ2) is 7.40. The number of nitrogens with zero attached hydrogens (tertiary/aromatic N) is 2. The molecule has 22 heavy (non-hydrogen) atoms. The van der Waals surface area contributed by atoms with E-state index in [2.05, 4.69) is 50.3 Å². The number of ether oxygens (including phenoxy) is 1. The number of hydrogen-bond acceptors (Lipinski definition) is 5. The van der Waals surface area contributed by atoms with Gasteiger partial charge in [0.05, 0.1) is 15.1 Å². The van der Waals surface area contributed by atoms with Crippen LogP contribution in [0.25, 0.3) is 12.2 Å². The van der Waals surface area contributed by atoms with Crippen LogP contribution in [-0.4, -0.2) is 16.7 Å². The lowest BCUT2D eigenvalue weighted by atomic mass is 10.1. The third-order valence-electron chi connectivity index (χ3n) is 2.78. The van der Waals surface area contributed by atoms with E-state index >= 15 is 0 Å². The van der Waals surface area contributed by atoms with Crippen molar-refractivity contribution in [3.05, 3.63) is 46.4 Å². The molecule has 0 atom stereocenters. The Morgan fingerprint density at radius 3 is 2.77 bits per heavy atom. The largest absolute Gasteiger partial charge is 0.492 e. The molecule has 0 radical (unpaired) electrons. The second-order valence-corrected chi connectivity index (χ2v) is 6.72. The van der Waals surface area contributed by atoms with Gasteiger partial charge < -0.3 is 9.26 Å². The maximum absolute atomic E-state index is 11.0. The van der Waals surface area contributed by atoms with Crippen molar-refractivity contribution in [3.8, 4) is 5.75 Å². The summed E-state index contributed by atoms with van der Waals surface area (Å²) in [5, 5.41) is 14.7. The van der Waals surface area contributed by atoms with Crippen molar-refractivity contribution in [2.45, 2.75) is 13.8 Å². The summed E-state index contributed by atoms with van der Waals surface area (Å²) in [5.74, 6) is 0.873. The molecule has 116 valence electrons. The standard InChI is InChI=1S/C14H12I2N2O4/c1-3-21-14-9(6-10(15)7-11(14)16)4-5-12-13(18(19)20)8(2)17-22-12/h4-7H,3H2,1-2H3/b5-4-. The number of aryl methyl sites for hydroxylation is 1. The number of hydrogen-bond donors (Lipinski definition) is 0. The molecule has 0 saturated carbocycles. The molecule has 1 aromatic heterocycles. The van der Waals surface area contributed by atoms with Gasteiger partial charge in [-0.1, -0.05) is 5.16 Å². The Bertz CT molecular complexity index is 741. The van der Waals surface area contributed by atoms with Gasteiger partial charge in [0.1, 0.15) is 5.75 Å². The maximum atomic E-state index is 11.0. The molecule has 0 aliphatic rings. The minimum atomic E-state index is -0.493. The number of benzene rings is 1. The van der Waals surface area contributed by atoms with Crippen LogP contribution >= 0.6 is 45.2 Å². The molecule has 6 nitrogen and oxygen atoms in total. The Morgan fingerprint density at radius 1 is 1.41 bits per heavy atom. The first kappa shape index (κ1) is 17.2. The van der Waals surface area contributed by atoms with Crippen LogP contribution in [0.5, 0.6) is 5.75 Å². The lowest BCUT2D eigenvalue weighted by Gasteiger charge is -2.10. The highest BCUT2D eigenvalue weighted by atomic mass is 127. The molecule has 1 aromatic carbocycles. The van der Waals surface area contributed by atoms with Gasteiger partial charge in [0.15, 0.2) is 5.69 Å². The van der Waals surface area contributed by atoms with E-state index < -0.39 is 4.92 Å². The zero-order valence-electron chi connectivity index (χ0n) is 11.8. The van der Waals surface area contributed by atoms with Gasteiger partial charge in [-0.05, 0) is 83.3 Å². The smallest absolute Gasteiger partial charge is 0.338 e. The van der Waals surface area contributed by atoms with Crippen molar-refractivity contribution in [2.75, 3.05) is 6.61 Å². The Labute approximate surface area is 154 Å². The van der Waals surface area contributed by atoms with E-state index in [9.17, 15) is 10.1 Å². The van der Waals surface area contributed by atoms with Crippen molar-refractivity contribution in [2.24, 2.45) is 0 Å². The number of aromatic nitrogens is 1. The van der Waals surface area contributed by atoms with Crippen LogP contribution in [0, 0.1) is 24.2 Å². The molecule has 0 amide bonds. The van der Waals surface area contributed by atoms with Gasteiger partial charge in [-0.25, -0.2) is 0 Å². The summed E-state index contributed by atoms with van der Waals surface area (Å²) in [7, 11) is 0. The van der Waals surface area contributed by atoms with Crippen molar-refractivity contribution >= 4 is 63.0 Å². The first-order valence-electron chi connectivity index (χ1n) is 6.34. The topological polar surface area (TPSA) is 78.4 Å². The molecule has 0 spiro atoms. The lowest BCUT2D eigenvalue weighted by molar-refractivity contribution is -0.386. The van der Waals surface area contributed by atoms with Crippen LogP contribution in [0.15, 0.2) is 16.7 Å². The maximum Gasteiger partial charge on any atom is 0.338 e. The minimum Gasteiger partial charge on any atom is -0.492 e. The van der Waals surface area contributed by atoms with Crippen LogP contribution in [0.2, 0.25) is 0 Å². The van der Waals surface area contributed by atoms with Crippen LogP contribution in [0.3, 0.4) is 0 Å². The highest BCUT2D eigenvalue weighted by Crippen LogP contribution is 2.31. The van der Waals surface area contributed by atoms with Gasteiger partial charge in [0.2, 0.25) is 5.76 Å². The van der Waals surface area contributed by atoms with E-state index in [1.54, 1.807) is 19.1 Å². The van der Waals surface area contributed by atoms with Crippen molar-refractivity contribution < 1.29 is 14.2 Å². The quantitative estimate of drug-likeness (QED) is 0.322. The normalized spacial score (nSPS) is 11.1. The first-order valence-corrected chi connectivity index (χ1v) is 8.50. The molecule has 2 rings (SSSR count). The summed E-state index contributed by atoms with van der Waals surface area (Å²) >= 11 is 4.42. The predicted molar refractivity (Wildman–Crippen MR) is 99.9 cm³/mol. The number of rotatable bonds is 5. The van der Waals surface area contributed by atoms with Gasteiger partial charge >= 0.3 is 5.69 Å². The van der Waals surface area contributed by atoms with E-state index in [-0.39, 0.29) is 17.1 Å². The molecule has 0 unspecified atom stereocenters. The fourth-order valence-electron chi connectivity index (χ4n) is 1.88. The van der Waals surface area contributed by atoms with Gasteiger partial charge in [-0.15, -0.1) is 0 Å². The fraction of sp³-hybridized carbons (Fsp3) is 0.214. The number of nitro groups is 1. The van der Waals surface area contributed by atoms with Gasteiger partial charge in [-0.3, -0.25) is 10.1 Å². The zero-order valence-corrected chi connectivity index (χ0v) is 16.1. The molecule has 0 aliphatic carbocycles. The highest BCUT2D eigenvalue weighted by Gasteiger charge is 2.22. The molecule has 0 bridgehead atoms. The summed E-state index contributed by atoms with van der Waals surface area (Å²) < 4.78 is 12.7. The van der Waals surface area contributed by atoms with Crippen LogP contribution in [0.1, 0.15) is 23.9 Å². The average molecular weight is 526 g/mol. The Morgan fingerprint density at radius 2 is 2.14 bits per heavy atom. The Hall–Kier alpha value is -1.17. The first-order chi connectivity index (χ1) is 10.4. The van der Waals surface area contributed by atoms with Crippen molar-refractivity contribution in [3.63, 3.8) is 0 Å². The SMILES string of the molecule is CCOc1c(I)cc(I)cc1/C=C\c1onc(C)c1[N+](=O)[O-]. The molecule has 8 heteroatoms. The minimum absolute atomic E-state index is 0.116. The van der Waals surface area contributed by atoms with E-state index in [0.717, 1.165) is 18.5 Å². The summed E-state index contributed by atoms with van der Waals surface area (Å²) in [4.78, 5) is 10.5. The molecule has 0 saturated heterocycles. The Balaban J connectivity index is 2.44. The molecule has 1 heterocycles.